The van der Waals surface area contributed by atoms with Gasteiger partial charge in [-0.05, 0) is 154 Å². The van der Waals surface area contributed by atoms with Gasteiger partial charge in [0.1, 0.15) is 18.0 Å². The van der Waals surface area contributed by atoms with Crippen molar-refractivity contribution in [3.8, 4) is 16.9 Å². The summed E-state index contributed by atoms with van der Waals surface area (Å²) in [6, 6.07) is 22.2. The summed E-state index contributed by atoms with van der Waals surface area (Å²) in [5.74, 6) is 0.508. The van der Waals surface area contributed by atoms with E-state index in [-0.39, 0.29) is 28.9 Å². The highest BCUT2D eigenvalue weighted by Gasteiger charge is 2.58. The third-order valence-corrected chi connectivity index (χ3v) is 16.1. The van der Waals surface area contributed by atoms with Gasteiger partial charge in [-0.3, -0.25) is 9.59 Å². The van der Waals surface area contributed by atoms with Crippen LogP contribution in [0.15, 0.2) is 66.7 Å². The number of likely N-dealkylation sites (tertiary alicyclic amines) is 2. The minimum absolute atomic E-state index is 0.164. The largest absolute Gasteiger partial charge is 0.497 e. The number of carbonyl (C=O) groups excluding carboxylic acids is 2. The van der Waals surface area contributed by atoms with E-state index in [9.17, 15) is 24.6 Å². The van der Waals surface area contributed by atoms with Crippen LogP contribution >= 0.6 is 0 Å². The van der Waals surface area contributed by atoms with Crippen LogP contribution in [0.25, 0.3) is 11.1 Å². The van der Waals surface area contributed by atoms with Crippen LogP contribution in [0, 0.1) is 10.8 Å². The lowest BCUT2D eigenvalue weighted by Crippen LogP contribution is -2.45. The highest BCUT2D eigenvalue weighted by molar-refractivity contribution is 6.62. The van der Waals surface area contributed by atoms with Gasteiger partial charge in [-0.1, -0.05) is 61.4 Å². The van der Waals surface area contributed by atoms with Crippen molar-refractivity contribution >= 4 is 30.4 Å². The molecule has 2 N–H and O–H groups in total. The molecule has 0 bridgehead atoms. The minimum atomic E-state index is -1.01. The standard InChI is InChI=1S/C50H63BN2O9/c1-47(2)48(3,62-51(61-47)38-16-14-35(15-17-38)41-32-50(41)21-25-53(26-22-50)45(56)43-9-7-27-60-43)18-6-5-8-42(54)44(55)52-23-19-49(20-24-52)31-40(49)34-12-10-33(11-13-34)36-28-37(46(57)58)30-39(29-36)59-4/h10-17,28-30,40-43,54H,5-9,18-27,31-32H2,1-4H3,(H,57,58). The van der Waals surface area contributed by atoms with Crippen molar-refractivity contribution in [2.45, 2.75) is 133 Å². The van der Waals surface area contributed by atoms with Crippen molar-refractivity contribution in [3.63, 3.8) is 0 Å². The van der Waals surface area contributed by atoms with Gasteiger partial charge >= 0.3 is 13.1 Å². The highest BCUT2D eigenvalue weighted by atomic mass is 16.7. The molecule has 9 rings (SSSR count). The maximum atomic E-state index is 13.4. The molecule has 12 heteroatoms. The molecule has 4 saturated heterocycles. The van der Waals surface area contributed by atoms with Crippen LogP contribution in [-0.2, 0) is 23.6 Å². The van der Waals surface area contributed by atoms with E-state index >= 15 is 0 Å². The van der Waals surface area contributed by atoms with Crippen molar-refractivity contribution in [2.24, 2.45) is 10.8 Å². The van der Waals surface area contributed by atoms with Gasteiger partial charge in [0.25, 0.3) is 11.8 Å². The van der Waals surface area contributed by atoms with E-state index in [0.717, 1.165) is 87.5 Å². The van der Waals surface area contributed by atoms with E-state index in [1.165, 1.54) is 30.7 Å². The number of aromatic carboxylic acids is 1. The van der Waals surface area contributed by atoms with E-state index < -0.39 is 30.4 Å². The third-order valence-electron chi connectivity index (χ3n) is 16.1. The van der Waals surface area contributed by atoms with E-state index in [4.69, 9.17) is 18.8 Å². The molecule has 4 heterocycles. The summed E-state index contributed by atoms with van der Waals surface area (Å²) in [6.07, 6.45) is 9.51. The number of hydrogen-bond acceptors (Lipinski definition) is 8. The normalized spacial score (nSPS) is 27.4. The zero-order valence-corrected chi connectivity index (χ0v) is 36.9. The molecule has 2 spiro atoms. The number of piperidine rings is 2. The molecule has 4 aliphatic heterocycles. The average Bonchev–Trinajstić information content (AvgIpc) is 4.04. The SMILES string of the molecule is COc1cc(C(=O)O)cc(-c2ccc(C3CC34CCN(C(=O)C(O)CCCCC3(C)OB(c5ccc(C6CC67CCN(C(=O)C6CCCO6)CC7)cc5)OC3(C)C)CC4)cc2)c1. The first-order valence-corrected chi connectivity index (χ1v) is 23.1. The van der Waals surface area contributed by atoms with Crippen molar-refractivity contribution in [3.05, 3.63) is 83.4 Å². The fourth-order valence-electron chi connectivity index (χ4n) is 11.3. The third kappa shape index (κ3) is 8.33. The number of unbranched alkanes of at least 4 members (excludes halogenated alkanes) is 1. The Bertz CT molecular complexity index is 2140. The molecular formula is C50H63BN2O9. The Morgan fingerprint density at radius 1 is 0.806 bits per heavy atom. The molecule has 3 aromatic carbocycles. The second kappa shape index (κ2) is 16.7. The molecule has 330 valence electrons. The Morgan fingerprint density at radius 2 is 1.42 bits per heavy atom. The number of hydrogen-bond donors (Lipinski definition) is 2. The molecule has 11 nitrogen and oxygen atoms in total. The van der Waals surface area contributed by atoms with Crippen LogP contribution in [0.2, 0.25) is 0 Å². The summed E-state index contributed by atoms with van der Waals surface area (Å²) < 4.78 is 24.2. The van der Waals surface area contributed by atoms with Gasteiger partial charge in [0.05, 0.1) is 23.9 Å². The first-order chi connectivity index (χ1) is 29.7. The lowest BCUT2D eigenvalue weighted by atomic mass is 9.78. The number of aliphatic hydroxyl groups excluding tert-OH is 1. The van der Waals surface area contributed by atoms with Crippen molar-refractivity contribution in [1.29, 1.82) is 0 Å². The van der Waals surface area contributed by atoms with Gasteiger partial charge in [0.15, 0.2) is 0 Å². The predicted molar refractivity (Wildman–Crippen MR) is 237 cm³/mol. The first-order valence-electron chi connectivity index (χ1n) is 23.1. The summed E-state index contributed by atoms with van der Waals surface area (Å²) in [4.78, 5) is 41.8. The monoisotopic (exact) mass is 846 g/mol. The Hall–Kier alpha value is -4.23. The summed E-state index contributed by atoms with van der Waals surface area (Å²) in [5, 5.41) is 20.5. The van der Waals surface area contributed by atoms with Crippen molar-refractivity contribution < 1.29 is 43.4 Å². The number of rotatable bonds is 13. The number of carboxylic acids is 1. The van der Waals surface area contributed by atoms with E-state index in [1.54, 1.807) is 6.07 Å². The predicted octanol–water partition coefficient (Wildman–Crippen LogP) is 7.33. The molecule has 0 radical (unpaired) electrons. The first kappa shape index (κ1) is 43.0. The number of carboxylic acid groups (broad SMARTS) is 1. The van der Waals surface area contributed by atoms with Crippen LogP contribution in [0.4, 0.5) is 0 Å². The van der Waals surface area contributed by atoms with Crippen molar-refractivity contribution in [2.75, 3.05) is 39.9 Å². The number of nitrogens with zero attached hydrogens (tertiary/aromatic N) is 2. The Balaban J connectivity index is 0.704. The lowest BCUT2D eigenvalue weighted by molar-refractivity contribution is -0.143. The maximum absolute atomic E-state index is 13.4. The fourth-order valence-corrected chi connectivity index (χ4v) is 11.3. The van der Waals surface area contributed by atoms with Gasteiger partial charge in [0.2, 0.25) is 0 Å². The molecule has 6 fully saturated rings. The van der Waals surface area contributed by atoms with Gasteiger partial charge in [-0.15, -0.1) is 0 Å². The Morgan fingerprint density at radius 3 is 2.00 bits per heavy atom. The maximum Gasteiger partial charge on any atom is 0.494 e. The second-order valence-electron chi connectivity index (χ2n) is 20.0. The number of ether oxygens (including phenoxy) is 2. The topological polar surface area (TPSA) is 135 Å². The van der Waals surface area contributed by atoms with Gasteiger partial charge in [-0.2, -0.15) is 0 Å². The zero-order valence-electron chi connectivity index (χ0n) is 36.9. The molecule has 0 aromatic heterocycles. The van der Waals surface area contributed by atoms with E-state index in [1.807, 2.05) is 28.0 Å². The molecule has 5 unspecified atom stereocenters. The second-order valence-corrected chi connectivity index (χ2v) is 20.0. The van der Waals surface area contributed by atoms with Gasteiger partial charge in [-0.25, -0.2) is 4.79 Å². The number of aliphatic hydroxyl groups is 1. The van der Waals surface area contributed by atoms with Gasteiger partial charge < -0.3 is 38.8 Å². The van der Waals surface area contributed by atoms with Crippen LogP contribution in [0.3, 0.4) is 0 Å². The van der Waals surface area contributed by atoms with Gasteiger partial charge in [0, 0.05) is 32.8 Å². The molecule has 62 heavy (non-hydrogen) atoms. The van der Waals surface area contributed by atoms with Crippen LogP contribution in [-0.4, -0.2) is 108 Å². The molecule has 3 aromatic rings. The molecule has 2 amide bonds. The fraction of sp³-hybridized carbons (Fsp3) is 0.580. The summed E-state index contributed by atoms with van der Waals surface area (Å²) in [5.41, 5.74) is 5.02. The minimum Gasteiger partial charge on any atom is -0.497 e. The lowest BCUT2D eigenvalue weighted by Gasteiger charge is -2.36. The molecular weight excluding hydrogens is 783 g/mol. The summed E-state index contributed by atoms with van der Waals surface area (Å²) >= 11 is 0. The number of carbonyl (C=O) groups is 3. The number of methoxy groups -OCH3 is 1. The quantitative estimate of drug-likeness (QED) is 0.134. The summed E-state index contributed by atoms with van der Waals surface area (Å²) in [7, 11) is 1.07. The Kier molecular flexibility index (Phi) is 11.6. The zero-order chi connectivity index (χ0) is 43.4. The molecule has 6 aliphatic rings. The molecule has 5 atom stereocenters. The van der Waals surface area contributed by atoms with E-state index in [2.05, 4.69) is 57.2 Å². The van der Waals surface area contributed by atoms with Crippen LogP contribution in [0.5, 0.6) is 5.75 Å². The van der Waals surface area contributed by atoms with E-state index in [0.29, 0.717) is 55.5 Å². The molecule has 2 saturated carbocycles. The smallest absolute Gasteiger partial charge is 0.494 e. The Labute approximate surface area is 366 Å². The van der Waals surface area contributed by atoms with Crippen LogP contribution in [0.1, 0.15) is 131 Å². The number of benzene rings is 3. The molecule has 2 aliphatic carbocycles. The van der Waals surface area contributed by atoms with Crippen molar-refractivity contribution in [1.82, 2.24) is 9.80 Å². The number of amides is 2. The highest BCUT2D eigenvalue weighted by Crippen LogP contribution is 2.66. The van der Waals surface area contributed by atoms with Crippen LogP contribution < -0.4 is 10.2 Å². The summed E-state index contributed by atoms with van der Waals surface area (Å²) in [6.45, 7) is 9.97. The average molecular weight is 847 g/mol.